The number of pyridine rings is 1. The molecule has 1 aliphatic rings. The fourth-order valence-corrected chi connectivity index (χ4v) is 4.41. The van der Waals surface area contributed by atoms with Crippen molar-refractivity contribution in [1.82, 2.24) is 15.0 Å². The predicted octanol–water partition coefficient (Wildman–Crippen LogP) is 6.12. The van der Waals surface area contributed by atoms with Crippen molar-refractivity contribution >= 4 is 17.7 Å². The van der Waals surface area contributed by atoms with Gasteiger partial charge < -0.3 is 4.74 Å². The molecule has 0 N–H and O–H groups in total. The van der Waals surface area contributed by atoms with Gasteiger partial charge in [0.2, 0.25) is 0 Å². The van der Waals surface area contributed by atoms with Crippen LogP contribution in [0.25, 0.3) is 11.3 Å². The Morgan fingerprint density at radius 2 is 1.87 bits per heavy atom. The second-order valence-corrected chi connectivity index (χ2v) is 8.72. The number of hydrogen-bond acceptors (Lipinski definition) is 6. The van der Waals surface area contributed by atoms with Crippen molar-refractivity contribution in [1.29, 1.82) is 0 Å². The molecule has 0 radical (unpaired) electrons. The number of ketones is 1. The number of carbonyl (C=O) groups excluding carboxylic acids is 1. The highest BCUT2D eigenvalue weighted by Gasteiger charge is 2.35. The maximum atomic E-state index is 15.6. The number of carbonyl (C=O) groups is 1. The van der Waals surface area contributed by atoms with E-state index in [-0.39, 0.29) is 23.1 Å². The molecule has 4 aromatic rings. The number of alkyl halides is 3. The molecular weight excluding hydrogens is 519 g/mol. The van der Waals surface area contributed by atoms with Crippen molar-refractivity contribution < 1.29 is 31.5 Å². The first kappa shape index (κ1) is 26.1. The maximum Gasteiger partial charge on any atom is 0.419 e. The summed E-state index contributed by atoms with van der Waals surface area (Å²) in [6.45, 7) is 0. The number of hydrogen-bond donors (Lipinski definition) is 0. The van der Waals surface area contributed by atoms with Gasteiger partial charge in [-0.3, -0.25) is 14.8 Å². The Labute approximate surface area is 219 Å². The first-order valence-corrected chi connectivity index (χ1v) is 11.7. The van der Waals surface area contributed by atoms with Crippen molar-refractivity contribution in [3.05, 3.63) is 100 Å². The van der Waals surface area contributed by atoms with E-state index in [1.807, 2.05) is 0 Å². The van der Waals surface area contributed by atoms with E-state index in [2.05, 4.69) is 19.9 Å². The van der Waals surface area contributed by atoms with E-state index in [1.165, 1.54) is 18.6 Å². The van der Waals surface area contributed by atoms with Crippen LogP contribution in [0.15, 0.2) is 60.0 Å². The fraction of sp³-hybridized carbons (Fsp3) is 0.179. The molecule has 0 unspecified atom stereocenters. The van der Waals surface area contributed by atoms with Crippen LogP contribution in [0.5, 0.6) is 5.75 Å². The minimum atomic E-state index is -4.76. The minimum absolute atomic E-state index is 0.161. The molecule has 6 nitrogen and oxygen atoms in total. The minimum Gasteiger partial charge on any atom is -0.496 e. The fourth-order valence-electron chi connectivity index (χ4n) is 4.41. The molecule has 0 fully saturated rings. The number of ether oxygens (including phenoxy) is 1. The number of nitrogens with zero attached hydrogens (tertiary/aromatic N) is 4. The van der Waals surface area contributed by atoms with Crippen LogP contribution in [-0.4, -0.2) is 34.1 Å². The third kappa shape index (κ3) is 5.12. The lowest BCUT2D eigenvalue weighted by Crippen LogP contribution is -2.12. The van der Waals surface area contributed by atoms with Gasteiger partial charge in [0.15, 0.2) is 5.78 Å². The Hall–Kier alpha value is -4.54. The summed E-state index contributed by atoms with van der Waals surface area (Å²) >= 11 is 0. The summed E-state index contributed by atoms with van der Waals surface area (Å²) in [5, 5.41) is 0. The SMILES string of the molecule is COc1ccc(C(=O)Cc2ccc(F)c(Cc3ncccc3-c3ncnc4c3N=CC4)c2F)cc1C(F)(F)F. The molecule has 1 aliphatic heterocycles. The van der Waals surface area contributed by atoms with Crippen LogP contribution in [0.1, 0.15) is 38.4 Å². The summed E-state index contributed by atoms with van der Waals surface area (Å²) in [7, 11) is 1.08. The van der Waals surface area contributed by atoms with E-state index < -0.39 is 41.3 Å². The van der Waals surface area contributed by atoms with Gasteiger partial charge in [0, 0.05) is 48.4 Å². The Bertz CT molecular complexity index is 1620. The largest absolute Gasteiger partial charge is 0.496 e. The van der Waals surface area contributed by atoms with Crippen LogP contribution in [0, 0.1) is 11.6 Å². The van der Waals surface area contributed by atoms with Crippen LogP contribution < -0.4 is 4.74 Å². The van der Waals surface area contributed by atoms with Crippen LogP contribution in [0.3, 0.4) is 0 Å². The van der Waals surface area contributed by atoms with Crippen LogP contribution in [-0.2, 0) is 25.4 Å². The van der Waals surface area contributed by atoms with Crippen molar-refractivity contribution in [2.24, 2.45) is 4.99 Å². The lowest BCUT2D eigenvalue weighted by molar-refractivity contribution is -0.138. The maximum absolute atomic E-state index is 15.6. The molecule has 0 atom stereocenters. The summed E-state index contributed by atoms with van der Waals surface area (Å²) in [4.78, 5) is 30.0. The van der Waals surface area contributed by atoms with Crippen molar-refractivity contribution in [2.75, 3.05) is 7.11 Å². The summed E-state index contributed by atoms with van der Waals surface area (Å²) in [6, 6.07) is 8.35. The molecule has 3 heterocycles. The normalized spacial score (nSPS) is 12.5. The van der Waals surface area contributed by atoms with Gasteiger partial charge in [-0.2, -0.15) is 13.2 Å². The third-order valence-corrected chi connectivity index (χ3v) is 6.34. The van der Waals surface area contributed by atoms with E-state index in [9.17, 15) is 22.4 Å². The zero-order valence-electron chi connectivity index (χ0n) is 20.4. The molecule has 39 heavy (non-hydrogen) atoms. The first-order chi connectivity index (χ1) is 18.7. The molecule has 11 heteroatoms. The average molecular weight is 538 g/mol. The molecule has 0 saturated carbocycles. The van der Waals surface area contributed by atoms with E-state index >= 15 is 4.39 Å². The lowest BCUT2D eigenvalue weighted by atomic mass is 9.96. The number of benzene rings is 2. The Morgan fingerprint density at radius 1 is 1.05 bits per heavy atom. The molecule has 2 aromatic heterocycles. The zero-order valence-corrected chi connectivity index (χ0v) is 20.4. The molecule has 2 aromatic carbocycles. The molecule has 0 saturated heterocycles. The van der Waals surface area contributed by atoms with Gasteiger partial charge in [0.25, 0.3) is 0 Å². The Kier molecular flexibility index (Phi) is 6.90. The zero-order chi connectivity index (χ0) is 27.7. The van der Waals surface area contributed by atoms with E-state index in [4.69, 9.17) is 4.74 Å². The first-order valence-electron chi connectivity index (χ1n) is 11.7. The van der Waals surface area contributed by atoms with Crippen molar-refractivity contribution in [3.63, 3.8) is 0 Å². The molecule has 0 aliphatic carbocycles. The molecule has 5 rings (SSSR count). The van der Waals surface area contributed by atoms with E-state index in [0.717, 1.165) is 31.0 Å². The number of methoxy groups -OCH3 is 1. The molecular formula is C28H19F5N4O2. The van der Waals surface area contributed by atoms with Crippen LogP contribution >= 0.6 is 0 Å². The summed E-state index contributed by atoms with van der Waals surface area (Å²) in [5.41, 5.74) is 0.706. The van der Waals surface area contributed by atoms with Gasteiger partial charge in [0.1, 0.15) is 35.1 Å². The second-order valence-electron chi connectivity index (χ2n) is 8.72. The average Bonchev–Trinajstić information content (AvgIpc) is 3.41. The van der Waals surface area contributed by atoms with E-state index in [0.29, 0.717) is 35.1 Å². The number of aliphatic imine (C=N–C) groups is 1. The van der Waals surface area contributed by atoms with Crippen molar-refractivity contribution in [3.8, 4) is 17.0 Å². The number of fused-ring (bicyclic) bond motifs is 1. The summed E-state index contributed by atoms with van der Waals surface area (Å²) < 4.78 is 75.3. The van der Waals surface area contributed by atoms with Gasteiger partial charge in [-0.25, -0.2) is 18.7 Å². The summed E-state index contributed by atoms with van der Waals surface area (Å²) in [6.07, 6.45) is -0.501. The summed E-state index contributed by atoms with van der Waals surface area (Å²) in [5.74, 6) is -3.04. The Balaban J connectivity index is 1.47. The van der Waals surface area contributed by atoms with Crippen LogP contribution in [0.2, 0.25) is 0 Å². The highest BCUT2D eigenvalue weighted by molar-refractivity contribution is 5.98. The standard InChI is InChI=1S/C28H19F5N4O2/c1-39-24-7-5-15(11-19(24)28(31,32)33)23(38)12-16-4-6-20(29)18(25(16)30)13-22-17(3-2-9-34-22)26-27-21(8-10-35-27)36-14-37-26/h2-7,9-11,14H,8,12-13H2,1H3. The van der Waals surface area contributed by atoms with E-state index in [1.54, 1.807) is 18.3 Å². The monoisotopic (exact) mass is 538 g/mol. The third-order valence-electron chi connectivity index (χ3n) is 6.34. The highest BCUT2D eigenvalue weighted by Crippen LogP contribution is 2.37. The smallest absolute Gasteiger partial charge is 0.419 e. The van der Waals surface area contributed by atoms with Gasteiger partial charge in [-0.05, 0) is 42.0 Å². The molecule has 0 amide bonds. The number of rotatable bonds is 7. The van der Waals surface area contributed by atoms with Gasteiger partial charge in [-0.15, -0.1) is 0 Å². The second kappa shape index (κ2) is 10.3. The molecule has 198 valence electrons. The number of halogens is 5. The number of Topliss-reactive ketones (excluding diaryl/α,β-unsaturated/α-hetero) is 1. The predicted molar refractivity (Wildman–Crippen MR) is 132 cm³/mol. The van der Waals surface area contributed by atoms with Gasteiger partial charge in [0.05, 0.1) is 24.1 Å². The lowest BCUT2D eigenvalue weighted by Gasteiger charge is -2.14. The van der Waals surface area contributed by atoms with Gasteiger partial charge in [-0.1, -0.05) is 6.07 Å². The van der Waals surface area contributed by atoms with Crippen LogP contribution in [0.4, 0.5) is 27.6 Å². The Morgan fingerprint density at radius 3 is 2.64 bits per heavy atom. The quantitative estimate of drug-likeness (QED) is 0.209. The highest BCUT2D eigenvalue weighted by atomic mass is 19.4. The molecule has 0 bridgehead atoms. The molecule has 0 spiro atoms. The number of aromatic nitrogens is 3. The topological polar surface area (TPSA) is 77.3 Å². The van der Waals surface area contributed by atoms with Gasteiger partial charge >= 0.3 is 6.18 Å². The van der Waals surface area contributed by atoms with Crippen molar-refractivity contribution in [2.45, 2.75) is 25.4 Å².